The summed E-state index contributed by atoms with van der Waals surface area (Å²) in [7, 11) is -4.76. The molecule has 2 aromatic rings. The van der Waals surface area contributed by atoms with Gasteiger partial charge in [-0.15, -0.1) is 0 Å². The van der Waals surface area contributed by atoms with Crippen LogP contribution in [-0.2, 0) is 20.2 Å². The fourth-order valence-electron chi connectivity index (χ4n) is 2.84. The maximum absolute atomic E-state index is 12.0. The first-order valence-electron chi connectivity index (χ1n) is 8.17. The molecule has 1 aromatic carbocycles. The Kier molecular flexibility index (Phi) is 5.59. The van der Waals surface area contributed by atoms with E-state index >= 15 is 0 Å². The van der Waals surface area contributed by atoms with Crippen LogP contribution in [0.3, 0.4) is 0 Å². The Morgan fingerprint density at radius 1 is 1.26 bits per heavy atom. The molecule has 1 aliphatic heterocycles. The third-order valence-electron chi connectivity index (χ3n) is 4.10. The number of phosphoric acid groups is 1. The van der Waals surface area contributed by atoms with Crippen LogP contribution in [0.2, 0.25) is 0 Å². The maximum atomic E-state index is 12.0. The summed E-state index contributed by atoms with van der Waals surface area (Å²) in [5, 5.41) is 0. The Bertz CT molecular complexity index is 992. The number of nitrogens with one attached hydrogen (secondary N) is 1. The Balaban J connectivity index is 1.82. The summed E-state index contributed by atoms with van der Waals surface area (Å²) in [5.41, 5.74) is 0.0220. The second-order valence-electron chi connectivity index (χ2n) is 6.18. The molecular formula is C17H19N2O7P. The van der Waals surface area contributed by atoms with Gasteiger partial charge in [-0.3, -0.25) is 18.9 Å². The van der Waals surface area contributed by atoms with Crippen molar-refractivity contribution in [1.29, 1.82) is 0 Å². The molecule has 0 saturated heterocycles. The first-order chi connectivity index (χ1) is 12.7. The lowest BCUT2D eigenvalue weighted by Crippen LogP contribution is -2.35. The van der Waals surface area contributed by atoms with Gasteiger partial charge in [0.15, 0.2) is 6.23 Å². The Hall–Kier alpha value is -2.29. The monoisotopic (exact) mass is 394 g/mol. The van der Waals surface area contributed by atoms with Gasteiger partial charge in [-0.1, -0.05) is 36.4 Å². The van der Waals surface area contributed by atoms with Crippen LogP contribution in [0.15, 0.2) is 58.3 Å². The molecule has 0 fully saturated rings. The van der Waals surface area contributed by atoms with Gasteiger partial charge in [-0.25, -0.2) is 9.36 Å². The zero-order valence-corrected chi connectivity index (χ0v) is 15.3. The molecule has 0 spiro atoms. The molecule has 3 N–H and O–H groups in total. The number of rotatable bonds is 6. The van der Waals surface area contributed by atoms with Gasteiger partial charge in [0.05, 0.1) is 0 Å². The highest BCUT2D eigenvalue weighted by molar-refractivity contribution is 7.46. The van der Waals surface area contributed by atoms with Gasteiger partial charge in [-0.05, 0) is 18.6 Å². The second kappa shape index (κ2) is 7.75. The van der Waals surface area contributed by atoms with Crippen LogP contribution in [-0.4, -0.2) is 31.5 Å². The largest absolute Gasteiger partial charge is 0.469 e. The van der Waals surface area contributed by atoms with E-state index in [9.17, 15) is 23.9 Å². The van der Waals surface area contributed by atoms with Gasteiger partial charge in [0.1, 0.15) is 12.2 Å². The Morgan fingerprint density at radius 2 is 1.96 bits per heavy atom. The normalized spacial score (nSPS) is 20.7. The standard InChI is InChI=1S/C17H19N2O7P/c1-11-10-19(17(21)18-16(11)20)15-8-7-13(25-15)14(26-27(22,23)24)9-12-5-3-2-4-6-12/h2-8,10,13-15H,9H2,1H3,(H,18,20,21)(H2,22,23,24)/t13-,14?,15+/m0/s1. The topological polar surface area (TPSA) is 131 Å². The number of hydrogen-bond acceptors (Lipinski definition) is 5. The number of aryl methyl sites for hydroxylation is 1. The van der Waals surface area contributed by atoms with E-state index in [0.29, 0.717) is 5.56 Å². The minimum Gasteiger partial charge on any atom is -0.344 e. The van der Waals surface area contributed by atoms with E-state index in [2.05, 4.69) is 4.98 Å². The number of H-pyrrole nitrogens is 1. The Morgan fingerprint density at radius 3 is 2.63 bits per heavy atom. The highest BCUT2D eigenvalue weighted by Gasteiger charge is 2.34. The predicted octanol–water partition coefficient (Wildman–Crippen LogP) is 1.02. The summed E-state index contributed by atoms with van der Waals surface area (Å²) in [6, 6.07) is 9.06. The van der Waals surface area contributed by atoms with Crippen molar-refractivity contribution in [3.8, 4) is 0 Å². The lowest BCUT2D eigenvalue weighted by molar-refractivity contribution is -0.0460. The fraction of sp³-hybridized carbons (Fsp3) is 0.294. The van der Waals surface area contributed by atoms with E-state index in [1.807, 2.05) is 18.2 Å². The molecule has 144 valence electrons. The van der Waals surface area contributed by atoms with E-state index in [0.717, 1.165) is 5.56 Å². The summed E-state index contributed by atoms with van der Waals surface area (Å²) >= 11 is 0. The van der Waals surface area contributed by atoms with E-state index in [1.165, 1.54) is 10.8 Å². The van der Waals surface area contributed by atoms with E-state index in [-0.39, 0.29) is 6.42 Å². The molecule has 27 heavy (non-hydrogen) atoms. The molecule has 3 rings (SSSR count). The number of phosphoric ester groups is 1. The summed E-state index contributed by atoms with van der Waals surface area (Å²) < 4.78 is 23.3. The molecule has 0 saturated carbocycles. The van der Waals surface area contributed by atoms with E-state index in [4.69, 9.17) is 9.26 Å². The number of aromatic nitrogens is 2. The number of nitrogens with zero attached hydrogens (tertiary/aromatic N) is 1. The van der Waals surface area contributed by atoms with Crippen molar-refractivity contribution in [2.45, 2.75) is 31.8 Å². The molecule has 1 unspecified atom stereocenters. The van der Waals surface area contributed by atoms with Crippen LogP contribution in [0, 0.1) is 6.92 Å². The average Bonchev–Trinajstić information content (AvgIpc) is 3.07. The van der Waals surface area contributed by atoms with Gasteiger partial charge < -0.3 is 14.5 Å². The zero-order valence-electron chi connectivity index (χ0n) is 14.4. The molecule has 0 amide bonds. The maximum Gasteiger partial charge on any atom is 0.469 e. The van der Waals surface area contributed by atoms with Crippen LogP contribution in [0.5, 0.6) is 0 Å². The first kappa shape index (κ1) is 19.5. The molecule has 1 aliphatic rings. The molecule has 1 aromatic heterocycles. The van der Waals surface area contributed by atoms with Crippen molar-refractivity contribution in [3.63, 3.8) is 0 Å². The summed E-state index contributed by atoms with van der Waals surface area (Å²) in [6.45, 7) is 1.56. The molecule has 3 atom stereocenters. The summed E-state index contributed by atoms with van der Waals surface area (Å²) in [6.07, 6.45) is 2.15. The lowest BCUT2D eigenvalue weighted by Gasteiger charge is -2.25. The van der Waals surface area contributed by atoms with Crippen molar-refractivity contribution < 1.29 is 23.6 Å². The van der Waals surface area contributed by atoms with Crippen molar-refractivity contribution in [2.24, 2.45) is 0 Å². The molecule has 2 heterocycles. The van der Waals surface area contributed by atoms with Crippen molar-refractivity contribution in [3.05, 3.63) is 80.6 Å². The fourth-order valence-corrected chi connectivity index (χ4v) is 3.38. The third kappa shape index (κ3) is 4.91. The number of benzene rings is 1. The molecule has 10 heteroatoms. The van der Waals surface area contributed by atoms with Gasteiger partial charge in [-0.2, -0.15) is 0 Å². The van der Waals surface area contributed by atoms with E-state index < -0.39 is 37.5 Å². The average molecular weight is 394 g/mol. The van der Waals surface area contributed by atoms with Crippen LogP contribution in [0.4, 0.5) is 0 Å². The quantitative estimate of drug-likeness (QED) is 0.492. The molecule has 0 aliphatic carbocycles. The lowest BCUT2D eigenvalue weighted by atomic mass is 10.0. The Labute approximate surface area is 154 Å². The first-order valence-corrected chi connectivity index (χ1v) is 9.70. The van der Waals surface area contributed by atoms with Crippen molar-refractivity contribution in [1.82, 2.24) is 9.55 Å². The van der Waals surface area contributed by atoms with Gasteiger partial charge in [0.25, 0.3) is 5.56 Å². The summed E-state index contributed by atoms with van der Waals surface area (Å²) in [4.78, 5) is 44.2. The number of hydrogen-bond donors (Lipinski definition) is 3. The highest BCUT2D eigenvalue weighted by Crippen LogP contribution is 2.40. The van der Waals surface area contributed by atoms with Crippen molar-refractivity contribution in [2.75, 3.05) is 0 Å². The predicted molar refractivity (Wildman–Crippen MR) is 96.2 cm³/mol. The minimum atomic E-state index is -4.76. The van der Waals surface area contributed by atoms with Crippen LogP contribution in [0.25, 0.3) is 0 Å². The number of aromatic amines is 1. The number of ether oxygens (including phenoxy) is 1. The SMILES string of the molecule is Cc1cn([C@H]2C=C[C@@H](C(Cc3ccccc3)OP(=O)(O)O)O2)c(=O)[nH]c1=O. The minimum absolute atomic E-state index is 0.202. The second-order valence-corrected chi connectivity index (χ2v) is 7.37. The molecular weight excluding hydrogens is 375 g/mol. The van der Waals surface area contributed by atoms with Gasteiger partial charge in [0, 0.05) is 18.2 Å². The van der Waals surface area contributed by atoms with Crippen LogP contribution < -0.4 is 11.2 Å². The third-order valence-corrected chi connectivity index (χ3v) is 4.65. The summed E-state index contributed by atoms with van der Waals surface area (Å²) in [5.74, 6) is 0. The van der Waals surface area contributed by atoms with Gasteiger partial charge >= 0.3 is 13.5 Å². The van der Waals surface area contributed by atoms with Gasteiger partial charge in [0.2, 0.25) is 0 Å². The smallest absolute Gasteiger partial charge is 0.344 e. The zero-order chi connectivity index (χ0) is 19.6. The molecule has 9 nitrogen and oxygen atoms in total. The highest BCUT2D eigenvalue weighted by atomic mass is 31.2. The molecule has 0 bridgehead atoms. The molecule has 0 radical (unpaired) electrons. The van der Waals surface area contributed by atoms with Crippen LogP contribution >= 0.6 is 7.82 Å². The van der Waals surface area contributed by atoms with Crippen molar-refractivity contribution >= 4 is 7.82 Å². The van der Waals surface area contributed by atoms with Crippen LogP contribution in [0.1, 0.15) is 17.4 Å². The van der Waals surface area contributed by atoms with E-state index in [1.54, 1.807) is 31.2 Å².